The summed E-state index contributed by atoms with van der Waals surface area (Å²) in [6.07, 6.45) is 2.92. The highest BCUT2D eigenvalue weighted by Crippen LogP contribution is 2.24. The predicted molar refractivity (Wildman–Crippen MR) is 68.3 cm³/mol. The summed E-state index contributed by atoms with van der Waals surface area (Å²) in [5.41, 5.74) is 2.30. The van der Waals surface area contributed by atoms with E-state index >= 15 is 0 Å². The largest absolute Gasteiger partial charge is 0.379 e. The molecule has 1 aliphatic rings. The van der Waals surface area contributed by atoms with Crippen molar-refractivity contribution in [3.05, 3.63) is 17.5 Å². The van der Waals surface area contributed by atoms with Gasteiger partial charge >= 0.3 is 0 Å². The van der Waals surface area contributed by atoms with Crippen LogP contribution in [0.15, 0.2) is 6.20 Å². The van der Waals surface area contributed by atoms with E-state index in [2.05, 4.69) is 43.0 Å². The first-order chi connectivity index (χ1) is 7.97. The molecule has 4 heteroatoms. The molecule has 1 saturated heterocycles. The van der Waals surface area contributed by atoms with Gasteiger partial charge in [0.2, 0.25) is 5.95 Å². The van der Waals surface area contributed by atoms with Gasteiger partial charge in [0.05, 0.1) is 18.3 Å². The Hall–Kier alpha value is -1.16. The van der Waals surface area contributed by atoms with Crippen molar-refractivity contribution < 1.29 is 4.74 Å². The number of hydrogen-bond donors (Lipinski definition) is 1. The van der Waals surface area contributed by atoms with E-state index in [0.29, 0.717) is 6.04 Å². The Bertz CT molecular complexity index is 392. The summed E-state index contributed by atoms with van der Waals surface area (Å²) in [4.78, 5) is 8.97. The van der Waals surface area contributed by atoms with Crippen LogP contribution in [-0.2, 0) is 10.2 Å². The molecule has 0 aliphatic carbocycles. The summed E-state index contributed by atoms with van der Waals surface area (Å²) in [6.45, 7) is 10.2. The van der Waals surface area contributed by atoms with E-state index < -0.39 is 0 Å². The molecule has 1 unspecified atom stereocenters. The molecule has 0 bridgehead atoms. The first-order valence-electron chi connectivity index (χ1n) is 6.15. The number of aromatic nitrogens is 2. The van der Waals surface area contributed by atoms with Gasteiger partial charge in [-0.25, -0.2) is 9.97 Å². The maximum absolute atomic E-state index is 5.33. The van der Waals surface area contributed by atoms with Crippen molar-refractivity contribution >= 4 is 5.95 Å². The van der Waals surface area contributed by atoms with Crippen molar-refractivity contribution in [2.45, 2.75) is 45.6 Å². The van der Waals surface area contributed by atoms with E-state index in [0.717, 1.165) is 36.8 Å². The average Bonchev–Trinajstić information content (AvgIpc) is 2.72. The van der Waals surface area contributed by atoms with Crippen LogP contribution in [0.4, 0.5) is 5.95 Å². The van der Waals surface area contributed by atoms with Crippen LogP contribution in [-0.4, -0.2) is 29.2 Å². The second kappa shape index (κ2) is 4.61. The summed E-state index contributed by atoms with van der Waals surface area (Å²) in [5.74, 6) is 0.719. The maximum Gasteiger partial charge on any atom is 0.223 e. The first kappa shape index (κ1) is 12.3. The summed E-state index contributed by atoms with van der Waals surface area (Å²) in [7, 11) is 0. The molecule has 1 aliphatic heterocycles. The molecule has 1 N–H and O–H groups in total. The van der Waals surface area contributed by atoms with Gasteiger partial charge in [0.1, 0.15) is 0 Å². The topological polar surface area (TPSA) is 47.0 Å². The molecule has 94 valence electrons. The summed E-state index contributed by atoms with van der Waals surface area (Å²) < 4.78 is 5.33. The Morgan fingerprint density at radius 2 is 2.18 bits per heavy atom. The zero-order valence-electron chi connectivity index (χ0n) is 11.1. The lowest BCUT2D eigenvalue weighted by atomic mass is 9.89. The van der Waals surface area contributed by atoms with Crippen molar-refractivity contribution in [2.24, 2.45) is 0 Å². The Morgan fingerprint density at radius 1 is 1.41 bits per heavy atom. The van der Waals surface area contributed by atoms with Crippen LogP contribution in [0.5, 0.6) is 0 Å². The number of ether oxygens (including phenoxy) is 1. The first-order valence-corrected chi connectivity index (χ1v) is 6.15. The lowest BCUT2D eigenvalue weighted by Gasteiger charge is -2.21. The Kier molecular flexibility index (Phi) is 3.33. The van der Waals surface area contributed by atoms with Crippen LogP contribution in [0.2, 0.25) is 0 Å². The summed E-state index contributed by atoms with van der Waals surface area (Å²) >= 11 is 0. The number of anilines is 1. The third-order valence-electron chi connectivity index (χ3n) is 2.95. The van der Waals surface area contributed by atoms with Crippen molar-refractivity contribution in [3.63, 3.8) is 0 Å². The number of nitrogens with zero attached hydrogens (tertiary/aromatic N) is 2. The zero-order valence-corrected chi connectivity index (χ0v) is 11.1. The molecular formula is C13H21N3O. The molecule has 2 heterocycles. The van der Waals surface area contributed by atoms with Crippen molar-refractivity contribution in [3.8, 4) is 0 Å². The highest BCUT2D eigenvalue weighted by atomic mass is 16.5. The average molecular weight is 235 g/mol. The number of rotatable bonds is 2. The van der Waals surface area contributed by atoms with E-state index in [1.807, 2.05) is 6.20 Å². The van der Waals surface area contributed by atoms with Crippen LogP contribution in [0.25, 0.3) is 0 Å². The molecular weight excluding hydrogens is 214 g/mol. The van der Waals surface area contributed by atoms with Gasteiger partial charge in [-0.3, -0.25) is 0 Å². The van der Waals surface area contributed by atoms with Gasteiger partial charge in [-0.2, -0.15) is 0 Å². The third-order valence-corrected chi connectivity index (χ3v) is 2.95. The standard InChI is InChI=1S/C13H21N3O/c1-9-7-14-12(15-10-5-6-17-8-10)16-11(9)13(2,3)4/h7,10H,5-6,8H2,1-4H3,(H,14,15,16). The van der Waals surface area contributed by atoms with Crippen molar-refractivity contribution in [1.29, 1.82) is 0 Å². The molecule has 0 spiro atoms. The van der Waals surface area contributed by atoms with Crippen LogP contribution < -0.4 is 5.32 Å². The summed E-state index contributed by atoms with van der Waals surface area (Å²) in [5, 5.41) is 3.33. The van der Waals surface area contributed by atoms with E-state index in [9.17, 15) is 0 Å². The molecule has 4 nitrogen and oxygen atoms in total. The van der Waals surface area contributed by atoms with Crippen LogP contribution >= 0.6 is 0 Å². The maximum atomic E-state index is 5.33. The molecule has 17 heavy (non-hydrogen) atoms. The minimum Gasteiger partial charge on any atom is -0.379 e. The second-order valence-corrected chi connectivity index (χ2v) is 5.68. The predicted octanol–water partition coefficient (Wildman–Crippen LogP) is 2.28. The number of nitrogens with one attached hydrogen (secondary N) is 1. The minimum absolute atomic E-state index is 0.0512. The van der Waals surface area contributed by atoms with Crippen molar-refractivity contribution in [2.75, 3.05) is 18.5 Å². The zero-order chi connectivity index (χ0) is 12.5. The third kappa shape index (κ3) is 2.94. The number of aryl methyl sites for hydroxylation is 1. The Morgan fingerprint density at radius 3 is 2.76 bits per heavy atom. The van der Waals surface area contributed by atoms with Gasteiger partial charge in [-0.05, 0) is 18.9 Å². The molecule has 2 rings (SSSR count). The Labute approximate surface area is 103 Å². The molecule has 0 amide bonds. The van der Waals surface area contributed by atoms with Gasteiger partial charge < -0.3 is 10.1 Å². The van der Waals surface area contributed by atoms with E-state index in [1.165, 1.54) is 0 Å². The highest BCUT2D eigenvalue weighted by Gasteiger charge is 2.21. The molecule has 1 fully saturated rings. The van der Waals surface area contributed by atoms with Gasteiger partial charge in [0, 0.05) is 18.2 Å². The fourth-order valence-electron chi connectivity index (χ4n) is 2.10. The van der Waals surface area contributed by atoms with Gasteiger partial charge in [-0.1, -0.05) is 20.8 Å². The quantitative estimate of drug-likeness (QED) is 0.854. The van der Waals surface area contributed by atoms with E-state index in [-0.39, 0.29) is 5.41 Å². The fourth-order valence-corrected chi connectivity index (χ4v) is 2.10. The molecule has 1 aromatic rings. The Balaban J connectivity index is 2.18. The van der Waals surface area contributed by atoms with Crippen LogP contribution in [0.3, 0.4) is 0 Å². The fraction of sp³-hybridized carbons (Fsp3) is 0.692. The summed E-state index contributed by atoms with van der Waals surface area (Å²) in [6, 6.07) is 0.352. The lowest BCUT2D eigenvalue weighted by Crippen LogP contribution is -2.23. The van der Waals surface area contributed by atoms with Gasteiger partial charge in [-0.15, -0.1) is 0 Å². The minimum atomic E-state index is 0.0512. The second-order valence-electron chi connectivity index (χ2n) is 5.68. The van der Waals surface area contributed by atoms with Crippen molar-refractivity contribution in [1.82, 2.24) is 9.97 Å². The normalized spacial score (nSPS) is 20.6. The molecule has 1 aromatic heterocycles. The van der Waals surface area contributed by atoms with E-state index in [4.69, 9.17) is 4.74 Å². The smallest absolute Gasteiger partial charge is 0.223 e. The van der Waals surface area contributed by atoms with Crippen LogP contribution in [0, 0.1) is 6.92 Å². The molecule has 0 saturated carbocycles. The van der Waals surface area contributed by atoms with Gasteiger partial charge in [0.15, 0.2) is 0 Å². The molecule has 0 aromatic carbocycles. The monoisotopic (exact) mass is 235 g/mol. The lowest BCUT2D eigenvalue weighted by molar-refractivity contribution is 0.195. The van der Waals surface area contributed by atoms with Gasteiger partial charge in [0.25, 0.3) is 0 Å². The van der Waals surface area contributed by atoms with Crippen LogP contribution in [0.1, 0.15) is 38.4 Å². The molecule has 0 radical (unpaired) electrons. The highest BCUT2D eigenvalue weighted by molar-refractivity contribution is 5.33. The molecule has 1 atom stereocenters. The number of hydrogen-bond acceptors (Lipinski definition) is 4. The SMILES string of the molecule is Cc1cnc(NC2CCOC2)nc1C(C)(C)C. The van der Waals surface area contributed by atoms with E-state index in [1.54, 1.807) is 0 Å².